The maximum atomic E-state index is 10.6. The summed E-state index contributed by atoms with van der Waals surface area (Å²) in [5.41, 5.74) is 5.65. The molecule has 0 aromatic carbocycles. The average Bonchev–Trinajstić information content (AvgIpc) is 3.28. The van der Waals surface area contributed by atoms with E-state index in [1.807, 2.05) is 0 Å². The van der Waals surface area contributed by atoms with Crippen molar-refractivity contribution in [3.05, 3.63) is 6.33 Å². The summed E-state index contributed by atoms with van der Waals surface area (Å²) >= 11 is 0. The van der Waals surface area contributed by atoms with Crippen LogP contribution in [0.15, 0.2) is 6.33 Å². The third-order valence-corrected chi connectivity index (χ3v) is 4.69. The second-order valence-electron chi connectivity index (χ2n) is 5.98. The van der Waals surface area contributed by atoms with Crippen molar-refractivity contribution in [1.29, 1.82) is 0 Å². The van der Waals surface area contributed by atoms with Crippen LogP contribution in [0.5, 0.6) is 5.88 Å². The van der Waals surface area contributed by atoms with Gasteiger partial charge in [0.15, 0.2) is 17.4 Å². The molecule has 4 atom stereocenters. The monoisotopic (exact) mass is 337 g/mol. The van der Waals surface area contributed by atoms with Crippen LogP contribution in [0.3, 0.4) is 0 Å². The van der Waals surface area contributed by atoms with Gasteiger partial charge in [-0.25, -0.2) is 4.98 Å². The Balaban J connectivity index is 1.86. The lowest BCUT2D eigenvalue weighted by Crippen LogP contribution is -2.46. The molecule has 4 N–H and O–H groups in total. The van der Waals surface area contributed by atoms with E-state index in [1.165, 1.54) is 13.4 Å². The van der Waals surface area contributed by atoms with Gasteiger partial charge in [0.05, 0.1) is 20.0 Å². The fraction of sp³-hybridized carbons (Fsp3) is 0.643. The first-order valence-corrected chi connectivity index (χ1v) is 7.73. The van der Waals surface area contributed by atoms with Crippen molar-refractivity contribution in [2.24, 2.45) is 0 Å². The Morgan fingerprint density at radius 2 is 2.33 bits per heavy atom. The fourth-order valence-electron chi connectivity index (χ4n) is 3.59. The Morgan fingerprint density at radius 3 is 3.00 bits per heavy atom. The molecular weight excluding hydrogens is 318 g/mol. The number of fused-ring (bicyclic) bond motifs is 1. The number of aliphatic hydroxyl groups excluding tert-OH is 2. The van der Waals surface area contributed by atoms with E-state index in [4.69, 9.17) is 19.9 Å². The van der Waals surface area contributed by atoms with Gasteiger partial charge in [-0.15, -0.1) is 0 Å². The van der Waals surface area contributed by atoms with Gasteiger partial charge < -0.3 is 30.2 Å². The number of hydrogen-bond acceptors (Lipinski definition) is 9. The molecule has 2 aliphatic rings. The molecule has 0 bridgehead atoms. The van der Waals surface area contributed by atoms with Crippen LogP contribution in [0.2, 0.25) is 0 Å². The van der Waals surface area contributed by atoms with Gasteiger partial charge in [-0.3, -0.25) is 4.57 Å². The number of aromatic nitrogens is 4. The summed E-state index contributed by atoms with van der Waals surface area (Å²) in [6.07, 6.45) is 0.549. The summed E-state index contributed by atoms with van der Waals surface area (Å²) in [7, 11) is 1.47. The van der Waals surface area contributed by atoms with Gasteiger partial charge in [0.25, 0.3) is 0 Å². The van der Waals surface area contributed by atoms with Crippen molar-refractivity contribution in [3.8, 4) is 5.88 Å². The number of imidazole rings is 1. The zero-order valence-electron chi connectivity index (χ0n) is 13.1. The molecular formula is C14H19N5O5. The lowest BCUT2D eigenvalue weighted by molar-refractivity contribution is -0.119. The van der Waals surface area contributed by atoms with E-state index in [1.54, 1.807) is 4.57 Å². The zero-order valence-corrected chi connectivity index (χ0v) is 13.1. The predicted molar refractivity (Wildman–Crippen MR) is 81.2 cm³/mol. The molecule has 1 spiro atoms. The van der Waals surface area contributed by atoms with Crippen molar-refractivity contribution in [2.45, 2.75) is 36.9 Å². The van der Waals surface area contributed by atoms with E-state index in [-0.39, 0.29) is 18.4 Å². The normalized spacial score (nSPS) is 32.9. The van der Waals surface area contributed by atoms with Crippen LogP contribution in [0.1, 0.15) is 19.1 Å². The zero-order chi connectivity index (χ0) is 16.9. The standard InChI is InChI=1S/C14H19N5O5/c1-22-11-8-10(17-13(15)18-11)19(6-16-8)12-14(3-2-4-23-14)9(21)7(5-20)24-12/h6-7,9,12,20-21H,2-5H2,1H3,(H2,15,17,18)/t7?,9-,12?,14+/m1/s1. The molecule has 4 heterocycles. The first-order chi connectivity index (χ1) is 11.6. The number of nitrogens with zero attached hydrogens (tertiary/aromatic N) is 4. The quantitative estimate of drug-likeness (QED) is 0.658. The molecule has 130 valence electrons. The molecule has 24 heavy (non-hydrogen) atoms. The van der Waals surface area contributed by atoms with Crippen LogP contribution in [-0.2, 0) is 9.47 Å². The van der Waals surface area contributed by atoms with E-state index in [9.17, 15) is 10.2 Å². The SMILES string of the molecule is COc1nc(N)nc2c1ncn2C1OC(CO)[C@@H](O)[C@@]12CCCO2. The largest absolute Gasteiger partial charge is 0.479 e. The van der Waals surface area contributed by atoms with Crippen LogP contribution in [0.4, 0.5) is 5.95 Å². The maximum absolute atomic E-state index is 10.6. The van der Waals surface area contributed by atoms with Crippen LogP contribution < -0.4 is 10.5 Å². The molecule has 10 heteroatoms. The van der Waals surface area contributed by atoms with E-state index in [0.717, 1.165) is 6.42 Å². The topological polar surface area (TPSA) is 138 Å². The van der Waals surface area contributed by atoms with Crippen LogP contribution >= 0.6 is 0 Å². The minimum atomic E-state index is -0.950. The van der Waals surface area contributed by atoms with Gasteiger partial charge in [0.2, 0.25) is 11.8 Å². The molecule has 10 nitrogen and oxygen atoms in total. The third kappa shape index (κ3) is 2.00. The summed E-state index contributed by atoms with van der Waals surface area (Å²) in [6.45, 7) is 0.206. The minimum Gasteiger partial charge on any atom is -0.479 e. The van der Waals surface area contributed by atoms with E-state index >= 15 is 0 Å². The van der Waals surface area contributed by atoms with Gasteiger partial charge in [-0.2, -0.15) is 9.97 Å². The first kappa shape index (κ1) is 15.5. The van der Waals surface area contributed by atoms with Crippen molar-refractivity contribution >= 4 is 17.1 Å². The van der Waals surface area contributed by atoms with Gasteiger partial charge in [0, 0.05) is 6.61 Å². The number of ether oxygens (including phenoxy) is 3. The summed E-state index contributed by atoms with van der Waals surface area (Å²) in [6, 6.07) is 0. The molecule has 4 rings (SSSR count). The number of anilines is 1. The Labute approximate surface area is 137 Å². The Morgan fingerprint density at radius 1 is 1.50 bits per heavy atom. The van der Waals surface area contributed by atoms with Gasteiger partial charge in [0.1, 0.15) is 17.8 Å². The maximum Gasteiger partial charge on any atom is 0.246 e. The highest BCUT2D eigenvalue weighted by Crippen LogP contribution is 2.48. The van der Waals surface area contributed by atoms with Crippen LogP contribution in [0.25, 0.3) is 11.2 Å². The van der Waals surface area contributed by atoms with Gasteiger partial charge in [-0.05, 0) is 12.8 Å². The third-order valence-electron chi connectivity index (χ3n) is 4.69. The fourth-order valence-corrected chi connectivity index (χ4v) is 3.59. The summed E-state index contributed by atoms with van der Waals surface area (Å²) in [5, 5.41) is 20.1. The van der Waals surface area contributed by atoms with E-state index in [2.05, 4.69) is 15.0 Å². The lowest BCUT2D eigenvalue weighted by Gasteiger charge is -2.31. The number of hydrogen-bond donors (Lipinski definition) is 3. The summed E-state index contributed by atoms with van der Waals surface area (Å²) < 4.78 is 18.6. The van der Waals surface area contributed by atoms with E-state index in [0.29, 0.717) is 24.2 Å². The molecule has 0 radical (unpaired) electrons. The molecule has 2 aliphatic heterocycles. The van der Waals surface area contributed by atoms with Crippen molar-refractivity contribution in [2.75, 3.05) is 26.1 Å². The molecule has 0 amide bonds. The average molecular weight is 337 g/mol. The van der Waals surface area contributed by atoms with Gasteiger partial charge >= 0.3 is 0 Å². The molecule has 2 saturated heterocycles. The van der Waals surface area contributed by atoms with Gasteiger partial charge in [-0.1, -0.05) is 0 Å². The second kappa shape index (κ2) is 5.52. The smallest absolute Gasteiger partial charge is 0.246 e. The first-order valence-electron chi connectivity index (χ1n) is 7.73. The highest BCUT2D eigenvalue weighted by molar-refractivity contribution is 5.77. The lowest BCUT2D eigenvalue weighted by atomic mass is 9.91. The minimum absolute atomic E-state index is 0.0414. The second-order valence-corrected chi connectivity index (χ2v) is 5.98. The molecule has 0 saturated carbocycles. The number of nitrogen functional groups attached to an aromatic ring is 1. The molecule has 2 aromatic heterocycles. The van der Waals surface area contributed by atoms with E-state index < -0.39 is 24.0 Å². The Hall–Kier alpha value is -2.01. The molecule has 0 aliphatic carbocycles. The Bertz CT molecular complexity index is 759. The van der Waals surface area contributed by atoms with Crippen molar-refractivity contribution in [3.63, 3.8) is 0 Å². The molecule has 2 unspecified atom stereocenters. The highest BCUT2D eigenvalue weighted by atomic mass is 16.6. The molecule has 2 aromatic rings. The summed E-state index contributed by atoms with van der Waals surface area (Å²) in [4.78, 5) is 12.5. The van der Waals surface area contributed by atoms with Crippen molar-refractivity contribution < 1.29 is 24.4 Å². The molecule has 2 fully saturated rings. The van der Waals surface area contributed by atoms with Crippen LogP contribution in [0, 0.1) is 0 Å². The number of nitrogens with two attached hydrogens (primary N) is 1. The number of rotatable bonds is 3. The highest BCUT2D eigenvalue weighted by Gasteiger charge is 2.59. The number of aliphatic hydroxyl groups is 2. The van der Waals surface area contributed by atoms with Crippen molar-refractivity contribution in [1.82, 2.24) is 19.5 Å². The van der Waals surface area contributed by atoms with Crippen LogP contribution in [-0.4, -0.2) is 67.9 Å². The predicted octanol–water partition coefficient (Wildman–Crippen LogP) is -0.783. The number of methoxy groups -OCH3 is 1. The Kier molecular flexibility index (Phi) is 3.57. The summed E-state index contributed by atoms with van der Waals surface area (Å²) in [5.74, 6) is 0.301.